The number of hydrogen-bond donors (Lipinski definition) is 2. The van der Waals surface area contributed by atoms with Crippen LogP contribution in [0.15, 0.2) is 24.4 Å². The number of fused-ring (bicyclic) bond motifs is 3. The molecule has 2 heterocycles. The molecule has 4 nitrogen and oxygen atoms in total. The molecule has 2 N–H and O–H groups in total. The number of piperidine rings is 1. The zero-order valence-corrected chi connectivity index (χ0v) is 16.1. The highest BCUT2D eigenvalue weighted by Gasteiger charge is 2.42. The van der Waals surface area contributed by atoms with Crippen molar-refractivity contribution in [2.24, 2.45) is 5.92 Å². The number of para-hydroxylation sites is 1. The van der Waals surface area contributed by atoms with E-state index in [2.05, 4.69) is 48.1 Å². The minimum Gasteiger partial charge on any atom is -0.390 e. The van der Waals surface area contributed by atoms with E-state index >= 15 is 0 Å². The Labute approximate surface area is 155 Å². The van der Waals surface area contributed by atoms with Crippen LogP contribution in [0.5, 0.6) is 0 Å². The lowest BCUT2D eigenvalue weighted by Gasteiger charge is -2.48. The third kappa shape index (κ3) is 3.16. The number of hydrogen-bond acceptors (Lipinski definition) is 2. The monoisotopic (exact) mass is 354 g/mol. The number of H-pyrrole nitrogens is 1. The predicted octanol–water partition coefficient (Wildman–Crippen LogP) is 4.12. The van der Waals surface area contributed by atoms with Gasteiger partial charge in [0.15, 0.2) is 0 Å². The molecule has 4 atom stereocenters. The second kappa shape index (κ2) is 6.41. The Balaban J connectivity index is 1.49. The van der Waals surface area contributed by atoms with Crippen molar-refractivity contribution in [3.05, 3.63) is 35.5 Å². The number of aromatic nitrogens is 1. The maximum absolute atomic E-state index is 13.1. The lowest BCUT2D eigenvalue weighted by molar-refractivity contribution is -0.141. The van der Waals surface area contributed by atoms with E-state index in [1.165, 1.54) is 22.0 Å². The van der Waals surface area contributed by atoms with E-state index in [9.17, 15) is 9.90 Å². The van der Waals surface area contributed by atoms with Gasteiger partial charge in [-0.1, -0.05) is 25.1 Å². The number of benzene rings is 1. The van der Waals surface area contributed by atoms with Crippen LogP contribution in [-0.2, 0) is 4.79 Å². The molecule has 1 saturated heterocycles. The van der Waals surface area contributed by atoms with Crippen molar-refractivity contribution in [1.29, 1.82) is 0 Å². The predicted molar refractivity (Wildman–Crippen MR) is 104 cm³/mol. The molecule has 140 valence electrons. The summed E-state index contributed by atoms with van der Waals surface area (Å²) in [5.41, 5.74) is 3.01. The lowest BCUT2D eigenvalue weighted by Crippen LogP contribution is -2.54. The molecule has 2 aliphatic rings. The molecule has 2 aromatic rings. The van der Waals surface area contributed by atoms with Gasteiger partial charge in [0.1, 0.15) is 0 Å². The largest absolute Gasteiger partial charge is 0.390 e. The van der Waals surface area contributed by atoms with Crippen LogP contribution in [0.1, 0.15) is 63.0 Å². The molecule has 4 heteroatoms. The number of rotatable bonds is 3. The SMILES string of the molecule is Cc1cccc2c(C(C)CC(=O)N3CCC4CC3CC(C)(O)C4)c[nH]c12. The van der Waals surface area contributed by atoms with Crippen LogP contribution < -0.4 is 0 Å². The van der Waals surface area contributed by atoms with Crippen molar-refractivity contribution in [2.75, 3.05) is 6.54 Å². The summed E-state index contributed by atoms with van der Waals surface area (Å²) in [6, 6.07) is 6.54. The minimum absolute atomic E-state index is 0.180. The summed E-state index contributed by atoms with van der Waals surface area (Å²) in [4.78, 5) is 18.5. The van der Waals surface area contributed by atoms with E-state index in [-0.39, 0.29) is 17.9 Å². The molecule has 1 saturated carbocycles. The van der Waals surface area contributed by atoms with Gasteiger partial charge in [0.05, 0.1) is 5.60 Å². The summed E-state index contributed by atoms with van der Waals surface area (Å²) in [6.45, 7) is 7.03. The molecule has 1 aliphatic carbocycles. The van der Waals surface area contributed by atoms with Gasteiger partial charge < -0.3 is 15.0 Å². The third-order valence-corrected chi connectivity index (χ3v) is 6.52. The van der Waals surface area contributed by atoms with Crippen LogP contribution in [0.25, 0.3) is 10.9 Å². The van der Waals surface area contributed by atoms with Crippen LogP contribution >= 0.6 is 0 Å². The Hall–Kier alpha value is -1.81. The maximum Gasteiger partial charge on any atom is 0.223 e. The van der Waals surface area contributed by atoms with Gasteiger partial charge in [-0.05, 0) is 62.5 Å². The quantitative estimate of drug-likeness (QED) is 0.871. The maximum atomic E-state index is 13.1. The second-order valence-electron chi connectivity index (χ2n) is 8.88. The number of aryl methyl sites for hydroxylation is 1. The van der Waals surface area contributed by atoms with Crippen molar-refractivity contribution in [1.82, 2.24) is 9.88 Å². The van der Waals surface area contributed by atoms with Crippen molar-refractivity contribution in [2.45, 2.75) is 70.4 Å². The first-order valence-corrected chi connectivity index (χ1v) is 9.92. The van der Waals surface area contributed by atoms with Gasteiger partial charge >= 0.3 is 0 Å². The molecule has 1 aromatic carbocycles. The number of carbonyl (C=O) groups excluding carboxylic acids is 1. The number of aliphatic hydroxyl groups is 1. The molecular weight excluding hydrogens is 324 g/mol. The molecule has 2 fully saturated rings. The molecule has 1 aromatic heterocycles. The summed E-state index contributed by atoms with van der Waals surface area (Å²) < 4.78 is 0. The first-order valence-electron chi connectivity index (χ1n) is 9.92. The van der Waals surface area contributed by atoms with Gasteiger partial charge in [0, 0.05) is 36.1 Å². The molecule has 0 spiro atoms. The molecule has 1 amide bonds. The van der Waals surface area contributed by atoms with E-state index in [1.54, 1.807) is 0 Å². The highest BCUT2D eigenvalue weighted by molar-refractivity contribution is 5.87. The van der Waals surface area contributed by atoms with Gasteiger partial charge in [0.2, 0.25) is 5.91 Å². The van der Waals surface area contributed by atoms with Crippen LogP contribution in [0.4, 0.5) is 0 Å². The molecule has 26 heavy (non-hydrogen) atoms. The smallest absolute Gasteiger partial charge is 0.223 e. The first-order chi connectivity index (χ1) is 12.3. The Morgan fingerprint density at radius 1 is 1.42 bits per heavy atom. The van der Waals surface area contributed by atoms with Gasteiger partial charge in [-0.3, -0.25) is 4.79 Å². The number of carbonyl (C=O) groups is 1. The van der Waals surface area contributed by atoms with E-state index in [4.69, 9.17) is 0 Å². The van der Waals surface area contributed by atoms with Crippen molar-refractivity contribution >= 4 is 16.8 Å². The van der Waals surface area contributed by atoms with Crippen molar-refractivity contribution < 1.29 is 9.90 Å². The number of aromatic amines is 1. The highest BCUT2D eigenvalue weighted by atomic mass is 16.3. The van der Waals surface area contributed by atoms with Gasteiger partial charge in [-0.15, -0.1) is 0 Å². The molecule has 4 rings (SSSR count). The van der Waals surface area contributed by atoms with E-state index in [0.717, 1.165) is 32.2 Å². The van der Waals surface area contributed by atoms with Gasteiger partial charge in [-0.25, -0.2) is 0 Å². The highest BCUT2D eigenvalue weighted by Crippen LogP contribution is 2.40. The van der Waals surface area contributed by atoms with Gasteiger partial charge in [-0.2, -0.15) is 0 Å². The first kappa shape index (κ1) is 17.6. The molecule has 1 aliphatic heterocycles. The lowest BCUT2D eigenvalue weighted by atomic mass is 9.72. The Morgan fingerprint density at radius 2 is 2.23 bits per heavy atom. The molecular formula is C22H30N2O2. The summed E-state index contributed by atoms with van der Waals surface area (Å²) in [7, 11) is 0. The standard InChI is InChI=1S/C22H30N2O2/c1-14-5-4-6-18-19(13-23-21(14)18)15(2)9-20(25)24-8-7-16-10-17(24)12-22(3,26)11-16/h4-6,13,15-17,23,26H,7-12H2,1-3H3. The third-order valence-electron chi connectivity index (χ3n) is 6.52. The topological polar surface area (TPSA) is 56.3 Å². The fourth-order valence-electron chi connectivity index (χ4n) is 5.28. The number of nitrogens with zero attached hydrogens (tertiary/aromatic N) is 1. The molecule has 0 radical (unpaired) electrons. The summed E-state index contributed by atoms with van der Waals surface area (Å²) >= 11 is 0. The number of likely N-dealkylation sites (tertiary alicyclic amines) is 1. The number of nitrogens with one attached hydrogen (secondary N) is 1. The Morgan fingerprint density at radius 3 is 3.04 bits per heavy atom. The van der Waals surface area contributed by atoms with E-state index < -0.39 is 5.60 Å². The van der Waals surface area contributed by atoms with E-state index in [1.807, 2.05) is 6.92 Å². The molecule has 2 bridgehead atoms. The summed E-state index contributed by atoms with van der Waals surface area (Å²) in [6.07, 6.45) is 6.28. The second-order valence-corrected chi connectivity index (χ2v) is 8.88. The normalized spacial score (nSPS) is 29.8. The zero-order chi connectivity index (χ0) is 18.5. The Kier molecular flexibility index (Phi) is 4.34. The van der Waals surface area contributed by atoms with E-state index in [0.29, 0.717) is 12.3 Å². The fourth-order valence-corrected chi connectivity index (χ4v) is 5.28. The number of amides is 1. The summed E-state index contributed by atoms with van der Waals surface area (Å²) in [5, 5.41) is 11.7. The minimum atomic E-state index is -0.619. The van der Waals surface area contributed by atoms with Crippen LogP contribution in [0.2, 0.25) is 0 Å². The van der Waals surface area contributed by atoms with Gasteiger partial charge in [0.25, 0.3) is 0 Å². The zero-order valence-electron chi connectivity index (χ0n) is 16.1. The Bertz CT molecular complexity index is 823. The average Bonchev–Trinajstić information content (AvgIpc) is 2.99. The average molecular weight is 354 g/mol. The fraction of sp³-hybridized carbons (Fsp3) is 0.591. The van der Waals surface area contributed by atoms with Crippen molar-refractivity contribution in [3.63, 3.8) is 0 Å². The van der Waals surface area contributed by atoms with Crippen LogP contribution in [-0.4, -0.2) is 39.1 Å². The summed E-state index contributed by atoms with van der Waals surface area (Å²) in [5.74, 6) is 0.988. The van der Waals surface area contributed by atoms with Crippen LogP contribution in [0.3, 0.4) is 0 Å². The molecule has 4 unspecified atom stereocenters. The van der Waals surface area contributed by atoms with Crippen LogP contribution in [0, 0.1) is 12.8 Å². The van der Waals surface area contributed by atoms with Crippen molar-refractivity contribution in [3.8, 4) is 0 Å².